The van der Waals surface area contributed by atoms with Crippen molar-refractivity contribution in [2.75, 3.05) is 6.54 Å². The number of hydrogen-bond donors (Lipinski definition) is 1. The lowest BCUT2D eigenvalue weighted by Crippen LogP contribution is -2.38. The highest BCUT2D eigenvalue weighted by Crippen LogP contribution is 1.89. The average Bonchev–Trinajstić information content (AvgIpc) is 2.03. The molecule has 0 fully saturated rings. The summed E-state index contributed by atoms with van der Waals surface area (Å²) in [7, 11) is 0. The quantitative estimate of drug-likeness (QED) is 0.502. The van der Waals surface area contributed by atoms with Gasteiger partial charge < -0.3 is 4.74 Å². The van der Waals surface area contributed by atoms with Gasteiger partial charge in [0.25, 0.3) is 0 Å². The van der Waals surface area contributed by atoms with Crippen LogP contribution in [0.15, 0.2) is 0 Å². The Kier molecular flexibility index (Phi) is 5.58. The van der Waals surface area contributed by atoms with Gasteiger partial charge in [-0.25, -0.2) is 0 Å². The molecule has 78 valence electrons. The molecule has 14 heavy (non-hydrogen) atoms. The van der Waals surface area contributed by atoms with Gasteiger partial charge in [-0.2, -0.15) is 0 Å². The number of ketones is 1. The number of rotatable bonds is 5. The van der Waals surface area contributed by atoms with Crippen LogP contribution in [0, 0.1) is 12.3 Å². The largest absolute Gasteiger partial charge is 0.462 e. The predicted octanol–water partition coefficient (Wildman–Crippen LogP) is 0.118. The summed E-state index contributed by atoms with van der Waals surface area (Å²) in [6.07, 6.45) is 4.91. The Bertz CT molecular complexity index is 253. The van der Waals surface area contributed by atoms with Crippen molar-refractivity contribution < 1.29 is 14.3 Å². The van der Waals surface area contributed by atoms with Crippen LogP contribution in [-0.2, 0) is 14.3 Å². The number of hydrogen-bond acceptors (Lipinski definition) is 4. The molecule has 0 saturated carbocycles. The minimum Gasteiger partial charge on any atom is -0.462 e. The van der Waals surface area contributed by atoms with E-state index in [4.69, 9.17) is 11.2 Å². The fourth-order valence-electron chi connectivity index (χ4n) is 0.810. The second kappa shape index (κ2) is 6.17. The Morgan fingerprint density at radius 3 is 2.43 bits per heavy atom. The van der Waals surface area contributed by atoms with Gasteiger partial charge in [0.15, 0.2) is 5.78 Å². The van der Waals surface area contributed by atoms with Gasteiger partial charge in [0.2, 0.25) is 0 Å². The summed E-state index contributed by atoms with van der Waals surface area (Å²) in [5, 5.41) is 2.61. The lowest BCUT2D eigenvalue weighted by atomic mass is 10.2. The molecule has 0 rings (SSSR count). The number of terminal acetylenes is 1. The number of esters is 1. The Morgan fingerprint density at radius 2 is 2.07 bits per heavy atom. The van der Waals surface area contributed by atoms with Crippen molar-refractivity contribution in [1.82, 2.24) is 5.32 Å². The van der Waals surface area contributed by atoms with E-state index >= 15 is 0 Å². The summed E-state index contributed by atoms with van der Waals surface area (Å²) in [4.78, 5) is 21.9. The molecule has 1 N–H and O–H groups in total. The monoisotopic (exact) mass is 197 g/mol. The van der Waals surface area contributed by atoms with Crippen LogP contribution >= 0.6 is 0 Å². The summed E-state index contributed by atoms with van der Waals surface area (Å²) < 4.78 is 4.84. The molecule has 0 aromatic carbocycles. The molecule has 0 aliphatic rings. The summed E-state index contributed by atoms with van der Waals surface area (Å²) in [6.45, 7) is 4.82. The number of carbonyl (C=O) groups is 2. The third-order valence-corrected chi connectivity index (χ3v) is 1.39. The summed E-state index contributed by atoms with van der Waals surface area (Å²) >= 11 is 0. The molecular weight excluding hydrogens is 182 g/mol. The van der Waals surface area contributed by atoms with Gasteiger partial charge in [0.05, 0.1) is 12.6 Å². The molecule has 1 atom stereocenters. The van der Waals surface area contributed by atoms with Crippen molar-refractivity contribution in [3.8, 4) is 12.3 Å². The summed E-state index contributed by atoms with van der Waals surface area (Å²) in [6, 6.07) is -0.713. The van der Waals surface area contributed by atoms with Gasteiger partial charge >= 0.3 is 5.97 Å². The van der Waals surface area contributed by atoms with Crippen molar-refractivity contribution >= 4 is 11.8 Å². The molecule has 0 spiro atoms. The van der Waals surface area contributed by atoms with E-state index in [-0.39, 0.29) is 18.4 Å². The maximum atomic E-state index is 11.0. The predicted molar refractivity (Wildman–Crippen MR) is 52.5 cm³/mol. The molecule has 4 heteroatoms. The highest BCUT2D eigenvalue weighted by Gasteiger charge is 2.12. The number of ether oxygens (including phenoxy) is 1. The van der Waals surface area contributed by atoms with Crippen LogP contribution in [0.2, 0.25) is 0 Å². The van der Waals surface area contributed by atoms with Gasteiger partial charge in [-0.15, -0.1) is 6.42 Å². The van der Waals surface area contributed by atoms with Gasteiger partial charge in [-0.1, -0.05) is 5.92 Å². The first kappa shape index (κ1) is 12.7. The second-order valence-electron chi connectivity index (χ2n) is 3.13. The zero-order valence-electron chi connectivity index (χ0n) is 8.66. The summed E-state index contributed by atoms with van der Waals surface area (Å²) in [5.41, 5.74) is 0. The molecule has 0 aliphatic carbocycles. The standard InChI is InChI=1S/C10H15NO3/c1-5-9(8(4)12)11-6-10(13)14-7(2)3/h1,7,9,11H,6H2,2-4H3. The molecule has 0 aromatic heterocycles. The molecular formula is C10H15NO3. The van der Waals surface area contributed by atoms with Crippen LogP contribution in [0.3, 0.4) is 0 Å². The van der Waals surface area contributed by atoms with Crippen LogP contribution in [0.4, 0.5) is 0 Å². The molecule has 0 aromatic rings. The van der Waals surface area contributed by atoms with E-state index in [1.807, 2.05) is 0 Å². The van der Waals surface area contributed by atoms with E-state index in [1.165, 1.54) is 6.92 Å². The van der Waals surface area contributed by atoms with Crippen molar-refractivity contribution in [3.63, 3.8) is 0 Å². The maximum absolute atomic E-state index is 11.0. The van der Waals surface area contributed by atoms with Gasteiger partial charge in [0, 0.05) is 0 Å². The minimum atomic E-state index is -0.713. The van der Waals surface area contributed by atoms with Crippen LogP contribution in [0.1, 0.15) is 20.8 Å². The van der Waals surface area contributed by atoms with Gasteiger partial charge in [0.1, 0.15) is 6.04 Å². The fourth-order valence-corrected chi connectivity index (χ4v) is 0.810. The van der Waals surface area contributed by atoms with E-state index in [0.717, 1.165) is 0 Å². The smallest absolute Gasteiger partial charge is 0.320 e. The number of nitrogens with one attached hydrogen (secondary N) is 1. The Hall–Kier alpha value is -1.34. The first-order valence-corrected chi connectivity index (χ1v) is 4.36. The molecule has 4 nitrogen and oxygen atoms in total. The Morgan fingerprint density at radius 1 is 1.50 bits per heavy atom. The van der Waals surface area contributed by atoms with Crippen LogP contribution in [0.25, 0.3) is 0 Å². The van der Waals surface area contributed by atoms with Gasteiger partial charge in [-0.3, -0.25) is 14.9 Å². The number of Topliss-reactive ketones (excluding diaryl/α,β-unsaturated/α-hetero) is 1. The normalized spacial score (nSPS) is 11.9. The first-order valence-electron chi connectivity index (χ1n) is 4.36. The highest BCUT2D eigenvalue weighted by molar-refractivity contribution is 5.85. The maximum Gasteiger partial charge on any atom is 0.320 e. The molecule has 0 heterocycles. The molecule has 0 amide bonds. The zero-order chi connectivity index (χ0) is 11.1. The first-order chi connectivity index (χ1) is 6.47. The third kappa shape index (κ3) is 5.33. The van der Waals surface area contributed by atoms with Crippen molar-refractivity contribution in [2.45, 2.75) is 32.9 Å². The second-order valence-corrected chi connectivity index (χ2v) is 3.13. The van der Waals surface area contributed by atoms with E-state index in [1.54, 1.807) is 13.8 Å². The molecule has 0 aliphatic heterocycles. The average molecular weight is 197 g/mol. The van der Waals surface area contributed by atoms with Crippen LogP contribution in [0.5, 0.6) is 0 Å². The molecule has 0 saturated heterocycles. The lowest BCUT2D eigenvalue weighted by molar-refractivity contribution is -0.146. The molecule has 0 radical (unpaired) electrons. The minimum absolute atomic E-state index is 0.0490. The molecule has 0 bridgehead atoms. The third-order valence-electron chi connectivity index (χ3n) is 1.39. The van der Waals surface area contributed by atoms with Crippen LogP contribution < -0.4 is 5.32 Å². The van der Waals surface area contributed by atoms with Crippen molar-refractivity contribution in [2.24, 2.45) is 0 Å². The molecule has 1 unspecified atom stereocenters. The van der Waals surface area contributed by atoms with E-state index in [0.29, 0.717) is 0 Å². The number of carbonyl (C=O) groups excluding carboxylic acids is 2. The Balaban J connectivity index is 3.88. The SMILES string of the molecule is C#CC(NCC(=O)OC(C)C)C(C)=O. The highest BCUT2D eigenvalue weighted by atomic mass is 16.5. The summed E-state index contributed by atoms with van der Waals surface area (Å²) in [5.74, 6) is 1.64. The van der Waals surface area contributed by atoms with E-state index in [9.17, 15) is 9.59 Å². The van der Waals surface area contributed by atoms with Crippen LogP contribution in [-0.4, -0.2) is 30.4 Å². The van der Waals surface area contributed by atoms with E-state index < -0.39 is 12.0 Å². The topological polar surface area (TPSA) is 55.4 Å². The van der Waals surface area contributed by atoms with Crippen molar-refractivity contribution in [3.05, 3.63) is 0 Å². The van der Waals surface area contributed by atoms with Gasteiger partial charge in [-0.05, 0) is 20.8 Å². The Labute approximate surface area is 84.0 Å². The fraction of sp³-hybridized carbons (Fsp3) is 0.600. The lowest BCUT2D eigenvalue weighted by Gasteiger charge is -2.11. The van der Waals surface area contributed by atoms with E-state index in [2.05, 4.69) is 11.2 Å². The zero-order valence-corrected chi connectivity index (χ0v) is 8.66. The van der Waals surface area contributed by atoms with Crippen molar-refractivity contribution in [1.29, 1.82) is 0 Å².